The minimum Gasteiger partial charge on any atom is -0.314 e. The summed E-state index contributed by atoms with van der Waals surface area (Å²) in [5, 5.41) is 6.11. The van der Waals surface area contributed by atoms with Crippen LogP contribution < -0.4 is 10.6 Å². The SMILES string of the molecule is FCC1CN(Cc2ccccc2)CCN1Cc1ccccc1.FC[C@H]1CNCCN1. The number of rotatable bonds is 6. The number of hydrogen-bond donors (Lipinski definition) is 2. The van der Waals surface area contributed by atoms with Crippen molar-refractivity contribution in [3.8, 4) is 0 Å². The molecule has 0 bridgehead atoms. The maximum absolute atomic E-state index is 13.5. The number of benzene rings is 2. The molecule has 2 heterocycles. The van der Waals surface area contributed by atoms with Gasteiger partial charge in [0.1, 0.15) is 13.3 Å². The van der Waals surface area contributed by atoms with E-state index in [9.17, 15) is 8.78 Å². The first-order chi connectivity index (χ1) is 14.8. The highest BCUT2D eigenvalue weighted by Crippen LogP contribution is 2.16. The highest BCUT2D eigenvalue weighted by molar-refractivity contribution is 5.16. The predicted molar refractivity (Wildman–Crippen MR) is 119 cm³/mol. The summed E-state index contributed by atoms with van der Waals surface area (Å²) in [6, 6.07) is 20.8. The second-order valence-electron chi connectivity index (χ2n) is 7.99. The van der Waals surface area contributed by atoms with E-state index in [-0.39, 0.29) is 25.4 Å². The lowest BCUT2D eigenvalue weighted by molar-refractivity contribution is 0.0505. The van der Waals surface area contributed by atoms with Gasteiger partial charge in [0.25, 0.3) is 0 Å². The maximum Gasteiger partial charge on any atom is 0.106 e. The molecule has 0 spiro atoms. The molecule has 0 aliphatic carbocycles. The van der Waals surface area contributed by atoms with Gasteiger partial charge in [0, 0.05) is 58.4 Å². The first kappa shape index (κ1) is 22.8. The Kier molecular flexibility index (Phi) is 9.70. The first-order valence-corrected chi connectivity index (χ1v) is 10.9. The molecule has 0 saturated carbocycles. The average molecular weight is 417 g/mol. The molecule has 4 rings (SSSR count). The number of hydrogen-bond acceptors (Lipinski definition) is 4. The van der Waals surface area contributed by atoms with Gasteiger partial charge < -0.3 is 10.6 Å². The number of nitrogens with one attached hydrogen (secondary N) is 2. The number of halogens is 2. The van der Waals surface area contributed by atoms with E-state index in [1.807, 2.05) is 24.3 Å². The third-order valence-electron chi connectivity index (χ3n) is 5.66. The van der Waals surface area contributed by atoms with Crippen molar-refractivity contribution in [2.45, 2.75) is 25.2 Å². The van der Waals surface area contributed by atoms with Crippen molar-refractivity contribution in [3.05, 3.63) is 71.8 Å². The van der Waals surface area contributed by atoms with Gasteiger partial charge in [-0.1, -0.05) is 60.7 Å². The average Bonchev–Trinajstić information content (AvgIpc) is 2.82. The monoisotopic (exact) mass is 416 g/mol. The normalized spacial score (nSPS) is 22.9. The van der Waals surface area contributed by atoms with Gasteiger partial charge in [-0.05, 0) is 11.1 Å². The molecule has 0 radical (unpaired) electrons. The Morgan fingerprint density at radius 3 is 2.00 bits per heavy atom. The third kappa shape index (κ3) is 7.43. The molecule has 2 aliphatic heterocycles. The molecule has 2 aliphatic rings. The van der Waals surface area contributed by atoms with Crippen LogP contribution in [0.25, 0.3) is 0 Å². The highest BCUT2D eigenvalue weighted by atomic mass is 19.1. The Hall–Kier alpha value is -1.86. The fraction of sp³-hybridized carbons (Fsp3) is 0.500. The molecule has 4 nitrogen and oxygen atoms in total. The number of nitrogens with zero attached hydrogens (tertiary/aromatic N) is 2. The number of piperazine rings is 2. The van der Waals surface area contributed by atoms with Crippen LogP contribution in [-0.2, 0) is 13.1 Å². The van der Waals surface area contributed by atoms with Crippen LogP contribution in [0.3, 0.4) is 0 Å². The van der Waals surface area contributed by atoms with Crippen molar-refractivity contribution in [2.24, 2.45) is 0 Å². The zero-order chi connectivity index (χ0) is 21.0. The zero-order valence-corrected chi connectivity index (χ0v) is 17.6. The summed E-state index contributed by atoms with van der Waals surface area (Å²) in [6.45, 7) is 6.59. The van der Waals surface area contributed by atoms with Crippen molar-refractivity contribution in [1.29, 1.82) is 0 Å². The van der Waals surface area contributed by atoms with Crippen LogP contribution in [0.5, 0.6) is 0 Å². The lowest BCUT2D eigenvalue weighted by Gasteiger charge is -2.40. The largest absolute Gasteiger partial charge is 0.314 e. The zero-order valence-electron chi connectivity index (χ0n) is 17.6. The van der Waals surface area contributed by atoms with Crippen molar-refractivity contribution < 1.29 is 8.78 Å². The second kappa shape index (κ2) is 12.7. The molecular formula is C24H34F2N4. The van der Waals surface area contributed by atoms with E-state index in [0.717, 1.165) is 52.4 Å². The Bertz CT molecular complexity index is 695. The molecule has 0 amide bonds. The topological polar surface area (TPSA) is 30.5 Å². The van der Waals surface area contributed by atoms with Gasteiger partial charge in [-0.3, -0.25) is 9.80 Å². The van der Waals surface area contributed by atoms with Gasteiger partial charge in [0.15, 0.2) is 0 Å². The lowest BCUT2D eigenvalue weighted by atomic mass is 10.1. The van der Waals surface area contributed by atoms with Gasteiger partial charge in [-0.25, -0.2) is 8.78 Å². The van der Waals surface area contributed by atoms with Crippen LogP contribution in [0.4, 0.5) is 8.78 Å². The fourth-order valence-corrected chi connectivity index (χ4v) is 3.94. The van der Waals surface area contributed by atoms with Crippen molar-refractivity contribution in [2.75, 3.05) is 52.6 Å². The van der Waals surface area contributed by atoms with Crippen LogP contribution in [0, 0.1) is 0 Å². The van der Waals surface area contributed by atoms with E-state index in [4.69, 9.17) is 0 Å². The van der Waals surface area contributed by atoms with Crippen LogP contribution in [0.1, 0.15) is 11.1 Å². The van der Waals surface area contributed by atoms with Gasteiger partial charge >= 0.3 is 0 Å². The van der Waals surface area contributed by atoms with Crippen LogP contribution in [-0.4, -0.2) is 74.5 Å². The van der Waals surface area contributed by atoms with E-state index in [2.05, 4.69) is 56.8 Å². The highest BCUT2D eigenvalue weighted by Gasteiger charge is 2.26. The standard InChI is InChI=1S/C19H23FN2.C5H11FN2/c20-13-19-16-21(14-17-7-3-1-4-8-17)11-12-22(19)15-18-9-5-2-6-10-18;6-3-5-4-7-1-2-8-5/h1-10,19H,11-16H2;5,7-8H,1-4H2/t;5-/m.0/s1. The summed E-state index contributed by atoms with van der Waals surface area (Å²) in [5.74, 6) is 0. The minimum atomic E-state index is -0.280. The Morgan fingerprint density at radius 2 is 1.47 bits per heavy atom. The Morgan fingerprint density at radius 1 is 0.800 bits per heavy atom. The molecule has 2 N–H and O–H groups in total. The smallest absolute Gasteiger partial charge is 0.106 e. The Balaban J connectivity index is 0.000000269. The summed E-state index contributed by atoms with van der Waals surface area (Å²) >= 11 is 0. The molecule has 2 aromatic carbocycles. The first-order valence-electron chi connectivity index (χ1n) is 10.9. The fourth-order valence-electron chi connectivity index (χ4n) is 3.94. The summed E-state index contributed by atoms with van der Waals surface area (Å²) in [5.41, 5.74) is 2.56. The van der Waals surface area contributed by atoms with Crippen LogP contribution in [0.2, 0.25) is 0 Å². The van der Waals surface area contributed by atoms with Gasteiger partial charge in [0.05, 0.1) is 6.04 Å². The van der Waals surface area contributed by atoms with E-state index < -0.39 is 0 Å². The summed E-state index contributed by atoms with van der Waals surface area (Å²) in [6.07, 6.45) is 0. The maximum atomic E-state index is 13.5. The summed E-state index contributed by atoms with van der Waals surface area (Å²) in [4.78, 5) is 4.64. The predicted octanol–water partition coefficient (Wildman–Crippen LogP) is 2.86. The van der Waals surface area contributed by atoms with Gasteiger partial charge in [-0.15, -0.1) is 0 Å². The molecule has 1 unspecified atom stereocenters. The molecular weight excluding hydrogens is 382 g/mol. The van der Waals surface area contributed by atoms with Crippen molar-refractivity contribution in [3.63, 3.8) is 0 Å². The summed E-state index contributed by atoms with van der Waals surface area (Å²) < 4.78 is 25.3. The molecule has 164 valence electrons. The van der Waals surface area contributed by atoms with E-state index >= 15 is 0 Å². The molecule has 2 saturated heterocycles. The molecule has 0 aromatic heterocycles. The Labute approximate surface area is 179 Å². The molecule has 6 heteroatoms. The van der Waals surface area contributed by atoms with Crippen molar-refractivity contribution in [1.82, 2.24) is 20.4 Å². The summed E-state index contributed by atoms with van der Waals surface area (Å²) in [7, 11) is 0. The van der Waals surface area contributed by atoms with E-state index in [1.54, 1.807) is 0 Å². The van der Waals surface area contributed by atoms with Crippen LogP contribution in [0.15, 0.2) is 60.7 Å². The quantitative estimate of drug-likeness (QED) is 0.758. The third-order valence-corrected chi connectivity index (χ3v) is 5.66. The number of alkyl halides is 2. The molecule has 30 heavy (non-hydrogen) atoms. The molecule has 2 fully saturated rings. The lowest BCUT2D eigenvalue weighted by Crippen LogP contribution is -2.53. The van der Waals surface area contributed by atoms with E-state index in [1.165, 1.54) is 11.1 Å². The molecule has 2 atom stereocenters. The van der Waals surface area contributed by atoms with Gasteiger partial charge in [0.2, 0.25) is 0 Å². The molecule has 2 aromatic rings. The van der Waals surface area contributed by atoms with Gasteiger partial charge in [-0.2, -0.15) is 0 Å². The minimum absolute atomic E-state index is 0.00216. The van der Waals surface area contributed by atoms with Crippen molar-refractivity contribution >= 4 is 0 Å². The van der Waals surface area contributed by atoms with E-state index in [0.29, 0.717) is 0 Å². The second-order valence-corrected chi connectivity index (χ2v) is 7.99. The van der Waals surface area contributed by atoms with Crippen LogP contribution >= 0.6 is 0 Å².